The van der Waals surface area contributed by atoms with Gasteiger partial charge in [-0.15, -0.1) is 0 Å². The van der Waals surface area contributed by atoms with E-state index in [0.717, 1.165) is 25.2 Å². The molecule has 2 heterocycles. The van der Waals surface area contributed by atoms with Crippen LogP contribution in [0.15, 0.2) is 36.5 Å². The number of nitrogens with two attached hydrogens (primary N) is 1. The van der Waals surface area contributed by atoms with Crippen LogP contribution in [-0.4, -0.2) is 16.3 Å². The lowest BCUT2D eigenvalue weighted by molar-refractivity contribution is 0.545. The first-order chi connectivity index (χ1) is 8.75. The first-order valence-corrected chi connectivity index (χ1v) is 6.32. The molecule has 0 saturated heterocycles. The highest BCUT2D eigenvalue weighted by Gasteiger charge is 2.26. The van der Waals surface area contributed by atoms with Crippen molar-refractivity contribution >= 4 is 5.69 Å². The number of hydrogen-bond donors (Lipinski definition) is 1. The molecule has 2 aromatic rings. The largest absolute Gasteiger partial charge is 0.364 e. The zero-order valence-corrected chi connectivity index (χ0v) is 10.6. The van der Waals surface area contributed by atoms with Crippen molar-refractivity contribution in [2.45, 2.75) is 19.0 Å². The minimum absolute atomic E-state index is 0.111. The van der Waals surface area contributed by atoms with E-state index in [-0.39, 0.29) is 6.04 Å². The van der Waals surface area contributed by atoms with Gasteiger partial charge < -0.3 is 10.6 Å². The van der Waals surface area contributed by atoms with Crippen LogP contribution in [0.4, 0.5) is 5.69 Å². The van der Waals surface area contributed by atoms with Gasteiger partial charge in [0.15, 0.2) is 0 Å². The van der Waals surface area contributed by atoms with Crippen LogP contribution in [0.25, 0.3) is 0 Å². The molecule has 0 aliphatic carbocycles. The lowest BCUT2D eigenvalue weighted by Gasteiger charge is -2.32. The highest BCUT2D eigenvalue weighted by Crippen LogP contribution is 2.32. The van der Waals surface area contributed by atoms with Gasteiger partial charge in [0, 0.05) is 20.1 Å². The van der Waals surface area contributed by atoms with E-state index in [1.54, 1.807) is 0 Å². The molecule has 0 saturated carbocycles. The maximum atomic E-state index is 6.16. The first-order valence-electron chi connectivity index (χ1n) is 6.32. The summed E-state index contributed by atoms with van der Waals surface area (Å²) in [5.74, 6) is 0. The summed E-state index contributed by atoms with van der Waals surface area (Å²) in [6.07, 6.45) is 2.91. The van der Waals surface area contributed by atoms with E-state index in [1.807, 2.05) is 24.0 Å². The highest BCUT2D eigenvalue weighted by atomic mass is 15.3. The molecule has 4 nitrogen and oxygen atoms in total. The van der Waals surface area contributed by atoms with E-state index in [9.17, 15) is 0 Å². The topological polar surface area (TPSA) is 47.1 Å². The van der Waals surface area contributed by atoms with Gasteiger partial charge in [-0.05, 0) is 12.0 Å². The fourth-order valence-electron chi connectivity index (χ4n) is 2.63. The first kappa shape index (κ1) is 11.3. The molecule has 1 atom stereocenters. The second kappa shape index (κ2) is 4.46. The van der Waals surface area contributed by atoms with Crippen LogP contribution in [0.3, 0.4) is 0 Å². The number of benzene rings is 1. The fourth-order valence-corrected chi connectivity index (χ4v) is 2.63. The Hall–Kier alpha value is -1.81. The van der Waals surface area contributed by atoms with Crippen molar-refractivity contribution in [2.24, 2.45) is 12.8 Å². The molecule has 1 aromatic carbocycles. The van der Waals surface area contributed by atoms with Gasteiger partial charge in [0.1, 0.15) is 0 Å². The molecule has 0 spiro atoms. The summed E-state index contributed by atoms with van der Waals surface area (Å²) in [6.45, 7) is 1.92. The van der Waals surface area contributed by atoms with Gasteiger partial charge in [-0.3, -0.25) is 4.68 Å². The van der Waals surface area contributed by atoms with E-state index < -0.39 is 0 Å². The van der Waals surface area contributed by atoms with E-state index in [4.69, 9.17) is 5.73 Å². The number of aryl methyl sites for hydroxylation is 1. The monoisotopic (exact) mass is 242 g/mol. The van der Waals surface area contributed by atoms with Gasteiger partial charge in [0.25, 0.3) is 0 Å². The zero-order chi connectivity index (χ0) is 12.5. The van der Waals surface area contributed by atoms with Crippen molar-refractivity contribution in [3.05, 3.63) is 47.8 Å². The maximum absolute atomic E-state index is 6.16. The maximum Gasteiger partial charge on any atom is 0.0804 e. The molecule has 3 rings (SSSR count). The van der Waals surface area contributed by atoms with Gasteiger partial charge in [-0.25, -0.2) is 0 Å². The minimum Gasteiger partial charge on any atom is -0.364 e. The van der Waals surface area contributed by atoms with Crippen molar-refractivity contribution < 1.29 is 0 Å². The summed E-state index contributed by atoms with van der Waals surface area (Å²) < 4.78 is 1.90. The molecule has 4 heteroatoms. The summed E-state index contributed by atoms with van der Waals surface area (Å²) in [5.41, 5.74) is 9.81. The normalized spacial score (nSPS) is 18.8. The van der Waals surface area contributed by atoms with Crippen LogP contribution in [0.2, 0.25) is 0 Å². The molecule has 1 aliphatic rings. The Kier molecular flexibility index (Phi) is 2.80. The SMILES string of the molecule is Cn1ncc2c1C(N)CCN2Cc1ccccc1. The molecule has 0 bridgehead atoms. The third-order valence-electron chi connectivity index (χ3n) is 3.58. The number of nitrogens with zero attached hydrogens (tertiary/aromatic N) is 3. The van der Waals surface area contributed by atoms with Crippen molar-refractivity contribution in [3.8, 4) is 0 Å². The number of anilines is 1. The van der Waals surface area contributed by atoms with E-state index in [2.05, 4.69) is 34.3 Å². The minimum atomic E-state index is 0.111. The third-order valence-corrected chi connectivity index (χ3v) is 3.58. The summed E-state index contributed by atoms with van der Waals surface area (Å²) in [6, 6.07) is 10.6. The van der Waals surface area contributed by atoms with Crippen LogP contribution >= 0.6 is 0 Å². The van der Waals surface area contributed by atoms with Gasteiger partial charge in [-0.2, -0.15) is 5.10 Å². The summed E-state index contributed by atoms with van der Waals surface area (Å²) in [7, 11) is 1.96. The van der Waals surface area contributed by atoms with Crippen LogP contribution < -0.4 is 10.6 Å². The molecule has 2 N–H and O–H groups in total. The predicted octanol–water partition coefficient (Wildman–Crippen LogP) is 1.83. The molecule has 1 aromatic heterocycles. The number of fused-ring (bicyclic) bond motifs is 1. The average molecular weight is 242 g/mol. The Bertz CT molecular complexity index is 532. The van der Waals surface area contributed by atoms with Crippen molar-refractivity contribution in [3.63, 3.8) is 0 Å². The van der Waals surface area contributed by atoms with E-state index >= 15 is 0 Å². The summed E-state index contributed by atoms with van der Waals surface area (Å²) >= 11 is 0. The fraction of sp³-hybridized carbons (Fsp3) is 0.357. The molecule has 0 fully saturated rings. The molecule has 18 heavy (non-hydrogen) atoms. The van der Waals surface area contributed by atoms with Gasteiger partial charge >= 0.3 is 0 Å². The van der Waals surface area contributed by atoms with Crippen LogP contribution in [0.5, 0.6) is 0 Å². The molecule has 1 unspecified atom stereocenters. The summed E-state index contributed by atoms with van der Waals surface area (Å²) in [5, 5.41) is 4.34. The van der Waals surface area contributed by atoms with Crippen molar-refractivity contribution in [1.29, 1.82) is 0 Å². The Balaban J connectivity index is 1.89. The highest BCUT2D eigenvalue weighted by molar-refractivity contribution is 5.53. The molecule has 0 amide bonds. The van der Waals surface area contributed by atoms with Crippen LogP contribution in [0, 0.1) is 0 Å². The van der Waals surface area contributed by atoms with Gasteiger partial charge in [0.05, 0.1) is 23.6 Å². The zero-order valence-electron chi connectivity index (χ0n) is 10.6. The second-order valence-electron chi connectivity index (χ2n) is 4.84. The molecule has 1 aliphatic heterocycles. The molecular weight excluding hydrogens is 224 g/mol. The van der Waals surface area contributed by atoms with Crippen LogP contribution in [-0.2, 0) is 13.6 Å². The van der Waals surface area contributed by atoms with Gasteiger partial charge in [-0.1, -0.05) is 30.3 Å². The molecule has 94 valence electrons. The lowest BCUT2D eigenvalue weighted by atomic mass is 10.0. The van der Waals surface area contributed by atoms with E-state index in [0.29, 0.717) is 0 Å². The number of hydrogen-bond acceptors (Lipinski definition) is 3. The van der Waals surface area contributed by atoms with E-state index in [1.165, 1.54) is 11.3 Å². The predicted molar refractivity (Wildman–Crippen MR) is 72.2 cm³/mol. The average Bonchev–Trinajstić information content (AvgIpc) is 2.78. The third kappa shape index (κ3) is 1.88. The Morgan fingerprint density at radius 3 is 2.89 bits per heavy atom. The Labute approximate surface area is 107 Å². The standard InChI is InChI=1S/C14H18N4/c1-17-14-12(15)7-8-18(13(14)9-16-17)10-11-5-3-2-4-6-11/h2-6,9,12H,7-8,10,15H2,1H3. The van der Waals surface area contributed by atoms with Crippen LogP contribution in [0.1, 0.15) is 23.7 Å². The van der Waals surface area contributed by atoms with Crippen molar-refractivity contribution in [1.82, 2.24) is 9.78 Å². The summed E-state index contributed by atoms with van der Waals surface area (Å²) in [4.78, 5) is 2.36. The quantitative estimate of drug-likeness (QED) is 0.874. The van der Waals surface area contributed by atoms with Crippen molar-refractivity contribution in [2.75, 3.05) is 11.4 Å². The number of rotatable bonds is 2. The second-order valence-corrected chi connectivity index (χ2v) is 4.84. The number of aromatic nitrogens is 2. The Morgan fingerprint density at radius 1 is 1.33 bits per heavy atom. The lowest BCUT2D eigenvalue weighted by Crippen LogP contribution is -2.33. The molecular formula is C14H18N4. The van der Waals surface area contributed by atoms with Gasteiger partial charge in [0.2, 0.25) is 0 Å². The Morgan fingerprint density at radius 2 is 2.11 bits per heavy atom. The molecule has 0 radical (unpaired) electrons. The smallest absolute Gasteiger partial charge is 0.0804 e.